The zero-order valence-electron chi connectivity index (χ0n) is 16.5. The predicted molar refractivity (Wildman–Crippen MR) is 108 cm³/mol. The number of amides is 1. The molecular formula is C22H25N3O4. The number of carbonyl (C=O) groups is 1. The summed E-state index contributed by atoms with van der Waals surface area (Å²) in [5.74, 6) is 0.418. The Bertz CT molecular complexity index is 922. The van der Waals surface area contributed by atoms with Crippen LogP contribution in [0, 0.1) is 16.0 Å². The van der Waals surface area contributed by atoms with Crippen LogP contribution >= 0.6 is 0 Å². The first-order valence-electron chi connectivity index (χ1n) is 10.2. The number of non-ortho nitro benzene ring substituents is 1. The van der Waals surface area contributed by atoms with Crippen molar-refractivity contribution in [1.29, 1.82) is 0 Å². The van der Waals surface area contributed by atoms with E-state index in [-0.39, 0.29) is 22.6 Å². The maximum absolute atomic E-state index is 12.1. The number of nitro groups is 1. The molecule has 2 aromatic rings. The molecule has 1 fully saturated rings. The summed E-state index contributed by atoms with van der Waals surface area (Å²) in [5, 5.41) is 11.3. The third-order valence-electron chi connectivity index (χ3n) is 6.09. The molecule has 1 aliphatic carbocycles. The molecule has 2 heterocycles. The van der Waals surface area contributed by atoms with Crippen molar-refractivity contribution in [2.45, 2.75) is 38.5 Å². The lowest BCUT2D eigenvalue weighted by atomic mass is 9.76. The van der Waals surface area contributed by atoms with Crippen molar-refractivity contribution < 1.29 is 14.5 Å². The van der Waals surface area contributed by atoms with Gasteiger partial charge in [0, 0.05) is 37.3 Å². The highest BCUT2D eigenvalue weighted by Crippen LogP contribution is 2.42. The van der Waals surface area contributed by atoms with E-state index in [2.05, 4.69) is 6.07 Å². The summed E-state index contributed by atoms with van der Waals surface area (Å²) >= 11 is 0. The Hall–Kier alpha value is -2.96. The van der Waals surface area contributed by atoms with Crippen molar-refractivity contribution in [2.75, 3.05) is 19.7 Å². The fourth-order valence-electron chi connectivity index (χ4n) is 4.69. The lowest BCUT2D eigenvalue weighted by molar-refractivity contribution is -0.384. The fourth-order valence-corrected chi connectivity index (χ4v) is 4.69. The molecule has 7 heteroatoms. The van der Waals surface area contributed by atoms with Crippen molar-refractivity contribution in [1.82, 2.24) is 9.88 Å². The Morgan fingerprint density at radius 3 is 2.72 bits per heavy atom. The maximum atomic E-state index is 12.1. The first kappa shape index (κ1) is 19.4. The smallest absolute Gasteiger partial charge is 0.409 e. The summed E-state index contributed by atoms with van der Waals surface area (Å²) in [6.45, 7) is 3.51. The number of likely N-dealkylation sites (tertiary alicyclic amines) is 1. The van der Waals surface area contributed by atoms with Gasteiger partial charge in [-0.05, 0) is 61.3 Å². The maximum Gasteiger partial charge on any atom is 0.409 e. The van der Waals surface area contributed by atoms with Gasteiger partial charge in [-0.25, -0.2) is 4.79 Å². The number of benzene rings is 1. The monoisotopic (exact) mass is 395 g/mol. The van der Waals surface area contributed by atoms with Crippen LogP contribution in [0.25, 0.3) is 0 Å². The van der Waals surface area contributed by atoms with E-state index in [9.17, 15) is 14.9 Å². The van der Waals surface area contributed by atoms with Crippen molar-refractivity contribution in [2.24, 2.45) is 5.92 Å². The molecule has 1 aromatic heterocycles. The summed E-state index contributed by atoms with van der Waals surface area (Å²) in [6.07, 6.45) is 4.90. The lowest BCUT2D eigenvalue weighted by Gasteiger charge is -2.36. The number of ether oxygens (including phenoxy) is 1. The molecular weight excluding hydrogens is 370 g/mol. The molecule has 0 saturated carbocycles. The Labute approximate surface area is 169 Å². The number of aryl methyl sites for hydroxylation is 2. The van der Waals surface area contributed by atoms with E-state index in [4.69, 9.17) is 9.72 Å². The summed E-state index contributed by atoms with van der Waals surface area (Å²) in [4.78, 5) is 29.5. The molecule has 0 spiro atoms. The van der Waals surface area contributed by atoms with Crippen LogP contribution in [0.2, 0.25) is 0 Å². The summed E-state index contributed by atoms with van der Waals surface area (Å²) in [5.41, 5.74) is 4.61. The molecule has 29 heavy (non-hydrogen) atoms. The fraction of sp³-hybridized carbons (Fsp3) is 0.455. The number of hydrogen-bond donors (Lipinski definition) is 0. The second kappa shape index (κ2) is 8.19. The molecule has 7 nitrogen and oxygen atoms in total. The zero-order valence-corrected chi connectivity index (χ0v) is 16.5. The van der Waals surface area contributed by atoms with E-state index >= 15 is 0 Å². The van der Waals surface area contributed by atoms with Crippen LogP contribution in [-0.4, -0.2) is 40.6 Å². The van der Waals surface area contributed by atoms with Gasteiger partial charge in [0.15, 0.2) is 0 Å². The average molecular weight is 395 g/mol. The Morgan fingerprint density at radius 1 is 1.24 bits per heavy atom. The van der Waals surface area contributed by atoms with Crippen LogP contribution in [0.5, 0.6) is 0 Å². The van der Waals surface area contributed by atoms with Gasteiger partial charge in [-0.3, -0.25) is 15.1 Å². The minimum absolute atomic E-state index is 0.0915. The Morgan fingerprint density at radius 2 is 2.00 bits per heavy atom. The summed E-state index contributed by atoms with van der Waals surface area (Å²) in [7, 11) is 0. The number of aromatic nitrogens is 1. The Kier molecular flexibility index (Phi) is 5.47. The van der Waals surface area contributed by atoms with E-state index in [1.165, 1.54) is 5.56 Å². The molecule has 1 saturated heterocycles. The van der Waals surface area contributed by atoms with E-state index in [1.54, 1.807) is 17.0 Å². The van der Waals surface area contributed by atoms with E-state index < -0.39 is 0 Å². The van der Waals surface area contributed by atoms with Crippen LogP contribution in [0.4, 0.5) is 10.5 Å². The highest BCUT2D eigenvalue weighted by Gasteiger charge is 2.35. The number of nitrogens with zero attached hydrogens (tertiary/aromatic N) is 3. The molecule has 0 N–H and O–H groups in total. The van der Waals surface area contributed by atoms with Gasteiger partial charge in [0.2, 0.25) is 0 Å². The van der Waals surface area contributed by atoms with Gasteiger partial charge in [-0.1, -0.05) is 12.1 Å². The second-order valence-electron chi connectivity index (χ2n) is 7.69. The molecule has 1 aromatic carbocycles. The van der Waals surface area contributed by atoms with Gasteiger partial charge in [-0.15, -0.1) is 0 Å². The number of rotatable bonds is 3. The van der Waals surface area contributed by atoms with Gasteiger partial charge in [0.1, 0.15) is 0 Å². The quantitative estimate of drug-likeness (QED) is 0.577. The summed E-state index contributed by atoms with van der Waals surface area (Å²) in [6, 6.07) is 9.32. The van der Waals surface area contributed by atoms with E-state index in [0.717, 1.165) is 42.5 Å². The van der Waals surface area contributed by atoms with Crippen molar-refractivity contribution in [3.8, 4) is 0 Å². The average Bonchev–Trinajstić information content (AvgIpc) is 2.90. The standard InChI is InChI=1S/C22H25N3O4/c1-2-29-22(26)24-12-9-15(10-13-24)20-19-8-7-18(25(27)28)14-17(19)6-5-16-4-3-11-23-21(16)20/h3-4,7-8,11,14-15,20H,2,5-6,9-10,12-13H2,1H3. The van der Waals surface area contributed by atoms with Crippen molar-refractivity contribution in [3.05, 3.63) is 69.0 Å². The minimum Gasteiger partial charge on any atom is -0.450 e. The van der Waals surface area contributed by atoms with Gasteiger partial charge in [-0.2, -0.15) is 0 Å². The molecule has 1 amide bonds. The number of fused-ring (bicyclic) bond motifs is 2. The molecule has 4 rings (SSSR count). The SMILES string of the molecule is CCOC(=O)N1CCC(C2c3ccc([N+](=O)[O-])cc3CCc3cccnc32)CC1. The third kappa shape index (κ3) is 3.81. The zero-order chi connectivity index (χ0) is 20.4. The number of carbonyl (C=O) groups excluding carboxylic acids is 1. The van der Waals surface area contributed by atoms with Crippen LogP contribution < -0.4 is 0 Å². The Balaban J connectivity index is 1.67. The van der Waals surface area contributed by atoms with Gasteiger partial charge >= 0.3 is 6.09 Å². The highest BCUT2D eigenvalue weighted by atomic mass is 16.6. The summed E-state index contributed by atoms with van der Waals surface area (Å²) < 4.78 is 5.14. The molecule has 1 unspecified atom stereocenters. The van der Waals surface area contributed by atoms with E-state index in [0.29, 0.717) is 25.6 Å². The first-order chi connectivity index (χ1) is 14.1. The number of pyridine rings is 1. The third-order valence-corrected chi connectivity index (χ3v) is 6.09. The topological polar surface area (TPSA) is 85.6 Å². The molecule has 2 aliphatic rings. The first-order valence-corrected chi connectivity index (χ1v) is 10.2. The van der Waals surface area contributed by atoms with Crippen molar-refractivity contribution >= 4 is 11.8 Å². The van der Waals surface area contributed by atoms with Crippen LogP contribution in [-0.2, 0) is 17.6 Å². The molecule has 1 atom stereocenters. The molecule has 152 valence electrons. The van der Waals surface area contributed by atoms with Gasteiger partial charge < -0.3 is 9.64 Å². The predicted octanol–water partition coefficient (Wildman–Crippen LogP) is 4.09. The van der Waals surface area contributed by atoms with Gasteiger partial charge in [0.05, 0.1) is 17.2 Å². The van der Waals surface area contributed by atoms with Crippen LogP contribution in [0.15, 0.2) is 36.5 Å². The molecule has 0 radical (unpaired) electrons. The van der Waals surface area contributed by atoms with E-state index in [1.807, 2.05) is 25.3 Å². The van der Waals surface area contributed by atoms with Crippen molar-refractivity contribution in [3.63, 3.8) is 0 Å². The molecule has 1 aliphatic heterocycles. The molecule has 0 bridgehead atoms. The van der Waals surface area contributed by atoms with Gasteiger partial charge in [0.25, 0.3) is 5.69 Å². The number of nitro benzene ring substituents is 1. The highest BCUT2D eigenvalue weighted by molar-refractivity contribution is 5.67. The minimum atomic E-state index is -0.330. The normalized spacial score (nSPS) is 19.1. The largest absolute Gasteiger partial charge is 0.450 e. The lowest BCUT2D eigenvalue weighted by Crippen LogP contribution is -2.40. The number of hydrogen-bond acceptors (Lipinski definition) is 5. The van der Waals surface area contributed by atoms with Crippen LogP contribution in [0.3, 0.4) is 0 Å². The number of piperidine rings is 1. The van der Waals surface area contributed by atoms with Crippen LogP contribution in [0.1, 0.15) is 48.1 Å². The second-order valence-corrected chi connectivity index (χ2v) is 7.69.